The van der Waals surface area contributed by atoms with Crippen molar-refractivity contribution >= 4 is 12.2 Å². The van der Waals surface area contributed by atoms with E-state index in [0.717, 1.165) is 7.35 Å². The zero-order valence-electron chi connectivity index (χ0n) is 27.3. The molecule has 0 aromatic heterocycles. The predicted octanol–water partition coefficient (Wildman–Crippen LogP) is 6.61. The molecular weight excluding hydrogens is 754 g/mol. The van der Waals surface area contributed by atoms with Gasteiger partial charge in [0.25, 0.3) is 0 Å². The summed E-state index contributed by atoms with van der Waals surface area (Å²) in [6.07, 6.45) is 13.0. The summed E-state index contributed by atoms with van der Waals surface area (Å²) < 4.78 is 4.53. The largest absolute Gasteiger partial charge is 1.00 e. The Morgan fingerprint density at radius 3 is 1.31 bits per heavy atom. The van der Waals surface area contributed by atoms with Gasteiger partial charge in [0.1, 0.15) is 0 Å². The Morgan fingerprint density at radius 1 is 0.556 bits per heavy atom. The van der Waals surface area contributed by atoms with Crippen LogP contribution in [0.2, 0.25) is 8.35 Å². The molecule has 0 N–H and O–H groups in total. The molecule has 2 unspecified atom stereocenters. The number of unbranched alkanes of at least 4 members (excludes halogenated alkanes) is 2. The van der Waals surface area contributed by atoms with Crippen molar-refractivity contribution in [2.24, 2.45) is 0 Å². The van der Waals surface area contributed by atoms with E-state index in [1.807, 2.05) is 0 Å². The molecule has 3 aliphatic rings. The van der Waals surface area contributed by atoms with Crippen LogP contribution in [0.5, 0.6) is 0 Å². The Balaban J connectivity index is 0.00000200. The zero-order chi connectivity index (χ0) is 29.6. The van der Waals surface area contributed by atoms with Crippen molar-refractivity contribution in [2.75, 3.05) is 0 Å². The summed E-state index contributed by atoms with van der Waals surface area (Å²) in [6, 6.07) is 33.0. The van der Waals surface area contributed by atoms with E-state index in [0.29, 0.717) is 0 Å². The molecule has 0 saturated carbocycles. The van der Waals surface area contributed by atoms with Gasteiger partial charge in [0.2, 0.25) is 0 Å². The van der Waals surface area contributed by atoms with Crippen molar-refractivity contribution in [3.63, 3.8) is 0 Å². The smallest absolute Gasteiger partial charge is 1.00 e. The topological polar surface area (TPSA) is 0 Å². The first-order valence-electron chi connectivity index (χ1n) is 16.8. The van der Waals surface area contributed by atoms with Crippen molar-refractivity contribution < 1.29 is 44.8 Å². The molecule has 1 aliphatic heterocycles. The summed E-state index contributed by atoms with van der Waals surface area (Å²) in [4.78, 5) is 0. The summed E-state index contributed by atoms with van der Waals surface area (Å²) in [5.74, 6) is 0. The zero-order valence-corrected chi connectivity index (χ0v) is 32.4. The Kier molecular flexibility index (Phi) is 10.8. The van der Waals surface area contributed by atoms with Crippen LogP contribution < -0.4 is 24.8 Å². The number of aryl methyl sites for hydroxylation is 2. The van der Waals surface area contributed by atoms with Crippen molar-refractivity contribution in [3.8, 4) is 22.3 Å². The van der Waals surface area contributed by atoms with Crippen molar-refractivity contribution in [3.05, 3.63) is 129 Å². The summed E-state index contributed by atoms with van der Waals surface area (Å²) in [5, 5.41) is 0. The molecule has 7 rings (SSSR count). The standard InChI is InChI=1S/2C20H21.C2H4.2ClH.Hf/c2*1-3-4-6-16-13-18-7-5-8-19(20(18)14-16)17-11-9-15(2)10-12-17;1-2;;;/h2*5,7-14H,3-4,6H2,1-2H3;1-2H2;2*1H;/q;;;;;+2/p-2. The first-order valence-corrected chi connectivity index (χ1v) is 26.1. The SMILES string of the molecule is CCCCC1=Cc2c(-c3ccc(C)cc3)cccc2[CH]1[Hf+2]1([CH]2C(CCCC)=Cc3c(-c4ccc(C)cc4)cccc32)[CH2][CH2]1.[Cl-].[Cl-]. The number of fused-ring (bicyclic) bond motifs is 2. The van der Waals surface area contributed by atoms with E-state index in [-0.39, 0.29) is 24.8 Å². The minimum atomic E-state index is -2.91. The van der Waals surface area contributed by atoms with E-state index in [2.05, 4.69) is 125 Å². The van der Waals surface area contributed by atoms with Crippen LogP contribution in [-0.2, 0) is 20.0 Å². The summed E-state index contributed by atoms with van der Waals surface area (Å²) in [6.45, 7) is 9.10. The van der Waals surface area contributed by atoms with E-state index in [1.54, 1.807) is 33.4 Å². The minimum absolute atomic E-state index is 0. The van der Waals surface area contributed by atoms with Gasteiger partial charge in [-0.15, -0.1) is 0 Å². The minimum Gasteiger partial charge on any atom is -1.00 e. The van der Waals surface area contributed by atoms with E-state index in [1.165, 1.54) is 80.3 Å². The molecule has 0 spiro atoms. The summed E-state index contributed by atoms with van der Waals surface area (Å²) >= 11 is -2.91. The number of benzene rings is 4. The third kappa shape index (κ3) is 6.27. The fourth-order valence-electron chi connectivity index (χ4n) is 8.34. The van der Waals surface area contributed by atoms with Crippen LogP contribution in [0.15, 0.2) is 96.1 Å². The van der Waals surface area contributed by atoms with Crippen LogP contribution >= 0.6 is 0 Å². The van der Waals surface area contributed by atoms with E-state index in [9.17, 15) is 0 Å². The van der Waals surface area contributed by atoms with Gasteiger partial charge in [-0.25, -0.2) is 0 Å². The second-order valence-electron chi connectivity index (χ2n) is 13.6. The molecule has 45 heavy (non-hydrogen) atoms. The van der Waals surface area contributed by atoms with Crippen LogP contribution in [0.1, 0.15) is 93.1 Å². The maximum Gasteiger partial charge on any atom is -1.00 e. The van der Waals surface area contributed by atoms with Crippen molar-refractivity contribution in [2.45, 2.75) is 81.9 Å². The maximum absolute atomic E-state index is 2.91. The fourth-order valence-corrected chi connectivity index (χ4v) is 36.4. The number of allylic oxidation sites excluding steroid dienone is 2. The molecule has 3 heteroatoms. The molecule has 4 aromatic rings. The molecule has 1 saturated heterocycles. The first-order chi connectivity index (χ1) is 21.0. The second kappa shape index (κ2) is 14.3. The fraction of sp³-hybridized carbons (Fsp3) is 0.333. The molecule has 2 aliphatic carbocycles. The first kappa shape index (κ1) is 34.2. The molecule has 1 fully saturated rings. The molecule has 4 aromatic carbocycles. The molecule has 0 bridgehead atoms. The van der Waals surface area contributed by atoms with Gasteiger partial charge in [0, 0.05) is 0 Å². The van der Waals surface area contributed by atoms with Crippen LogP contribution in [0.25, 0.3) is 34.4 Å². The van der Waals surface area contributed by atoms with Crippen LogP contribution in [0, 0.1) is 13.8 Å². The summed E-state index contributed by atoms with van der Waals surface area (Å²) in [7, 11) is 0. The van der Waals surface area contributed by atoms with Gasteiger partial charge in [0.15, 0.2) is 0 Å². The molecule has 232 valence electrons. The van der Waals surface area contributed by atoms with Gasteiger partial charge in [-0.05, 0) is 0 Å². The van der Waals surface area contributed by atoms with Gasteiger partial charge >= 0.3 is 266 Å². The molecule has 0 nitrogen and oxygen atoms in total. The van der Waals surface area contributed by atoms with E-state index < -0.39 is 20.0 Å². The van der Waals surface area contributed by atoms with Crippen LogP contribution in [-0.4, -0.2) is 0 Å². The van der Waals surface area contributed by atoms with Crippen LogP contribution in [0.4, 0.5) is 0 Å². The normalized spacial score (nSPS) is 18.0. The van der Waals surface area contributed by atoms with Gasteiger partial charge in [0.05, 0.1) is 0 Å². The third-order valence-electron chi connectivity index (χ3n) is 10.6. The number of hydrogen-bond donors (Lipinski definition) is 0. The number of rotatable bonds is 10. The quantitative estimate of drug-likeness (QED) is 0.159. The Bertz CT molecular complexity index is 1580. The monoisotopic (exact) mass is 800 g/mol. The van der Waals surface area contributed by atoms with Gasteiger partial charge < -0.3 is 24.8 Å². The second-order valence-corrected chi connectivity index (χ2v) is 30.2. The van der Waals surface area contributed by atoms with Gasteiger partial charge in [-0.1, -0.05) is 0 Å². The van der Waals surface area contributed by atoms with Crippen molar-refractivity contribution in [1.82, 2.24) is 0 Å². The van der Waals surface area contributed by atoms with Crippen LogP contribution in [0.3, 0.4) is 0 Å². The van der Waals surface area contributed by atoms with Gasteiger partial charge in [-0.3, -0.25) is 0 Å². The average molecular weight is 800 g/mol. The Hall–Kier alpha value is -2.19. The molecule has 1 heterocycles. The Labute approximate surface area is 288 Å². The average Bonchev–Trinajstić information content (AvgIpc) is 3.57. The molecule has 2 atom stereocenters. The van der Waals surface area contributed by atoms with E-state index in [4.69, 9.17) is 0 Å². The number of hydrogen-bond acceptors (Lipinski definition) is 0. The van der Waals surface area contributed by atoms with Crippen molar-refractivity contribution in [1.29, 1.82) is 0 Å². The predicted molar refractivity (Wildman–Crippen MR) is 183 cm³/mol. The third-order valence-corrected chi connectivity index (χ3v) is 29.7. The molecular formula is C42H46Cl2Hf. The maximum atomic E-state index is 2.68. The van der Waals surface area contributed by atoms with E-state index >= 15 is 0 Å². The summed E-state index contributed by atoms with van der Waals surface area (Å²) in [5.41, 5.74) is 18.3. The molecule has 0 amide bonds. The van der Waals surface area contributed by atoms with Gasteiger partial charge in [-0.2, -0.15) is 0 Å². The Morgan fingerprint density at radius 2 is 0.956 bits per heavy atom. The molecule has 0 radical (unpaired) electrons. The number of halogens is 2.